The molecule has 284 valence electrons. The maximum Gasteiger partial charge on any atom is 0.138 e. The smallest absolute Gasteiger partial charge is 0.138 e. The normalized spacial score (nSPS) is 17.9. The van der Waals surface area contributed by atoms with E-state index in [2.05, 4.69) is 31.7 Å². The van der Waals surface area contributed by atoms with Crippen molar-refractivity contribution in [3.8, 4) is 28.4 Å². The lowest BCUT2D eigenvalue weighted by molar-refractivity contribution is 0.479. The summed E-state index contributed by atoms with van der Waals surface area (Å²) >= 11 is 0. The fourth-order valence-electron chi connectivity index (χ4n) is 7.64. The molecule has 5 nitrogen and oxygen atoms in total. The SMILES string of the molecule is [2H]C([2H])([2H])C([2H])(c1ccc(-c2ccnc(-n3c4ccccc4c4ccc(Oc5cc(N6CN(c7ccc(C([2H])(C([2H])([2H])[2H])C([2H])([2H])[2H])cc7)c7ccccc76)cc(C(C)(C)C)c5)cc43)c2)cc1)C([2H])([2H])[2H]. The molecule has 0 saturated carbocycles. The first-order valence-corrected chi connectivity index (χ1v) is 18.8. The van der Waals surface area contributed by atoms with Gasteiger partial charge in [0.25, 0.3) is 0 Å². The molecule has 9 rings (SSSR count). The van der Waals surface area contributed by atoms with Crippen LogP contribution >= 0.6 is 0 Å². The van der Waals surface area contributed by atoms with Gasteiger partial charge in [0.05, 0.1) is 22.4 Å². The number of hydrogen-bond donors (Lipinski definition) is 0. The molecule has 57 heavy (non-hydrogen) atoms. The highest BCUT2D eigenvalue weighted by Gasteiger charge is 2.29. The van der Waals surface area contributed by atoms with E-state index in [-0.39, 0.29) is 16.5 Å². The van der Waals surface area contributed by atoms with Gasteiger partial charge in [0.15, 0.2) is 0 Å². The zero-order chi connectivity index (χ0) is 51.3. The molecule has 2 aromatic heterocycles. The van der Waals surface area contributed by atoms with Gasteiger partial charge in [-0.3, -0.25) is 4.57 Å². The highest BCUT2D eigenvalue weighted by molar-refractivity contribution is 6.09. The number of pyridine rings is 1. The standard InChI is InChI=1S/C52H50N4O/c1-34(2)36-16-18-38(19-17-36)39-26-27-53-51(28-39)56-47-13-9-8-12-45(47)46-25-24-43(32-50(46)56)57-44-30-40(52(5,6)7)29-42(31-44)55-33-54(48-14-10-11-15-49(48)55)41-22-20-37(21-23-41)35(3)4/h8-32,34-35H,33H2,1-7H3/i1D3,2D3,3D3,4D3,34D,35D. The fraction of sp³-hybridized carbons (Fsp3) is 0.212. The lowest BCUT2D eigenvalue weighted by Gasteiger charge is -2.26. The van der Waals surface area contributed by atoms with Crippen LogP contribution in [-0.4, -0.2) is 16.2 Å². The van der Waals surface area contributed by atoms with Crippen molar-refractivity contribution < 1.29 is 23.9 Å². The van der Waals surface area contributed by atoms with Crippen molar-refractivity contribution in [2.45, 2.75) is 65.4 Å². The Hall–Kier alpha value is -6.33. The molecule has 0 spiro atoms. The van der Waals surface area contributed by atoms with E-state index in [0.29, 0.717) is 35.2 Å². The second-order valence-corrected chi connectivity index (χ2v) is 15.4. The van der Waals surface area contributed by atoms with E-state index < -0.39 is 39.2 Å². The van der Waals surface area contributed by atoms with Crippen LogP contribution in [0.15, 0.2) is 152 Å². The molecule has 1 aliphatic heterocycles. The summed E-state index contributed by atoms with van der Waals surface area (Å²) in [5.74, 6) is -3.88. The van der Waals surface area contributed by atoms with Gasteiger partial charge in [0.2, 0.25) is 0 Å². The zero-order valence-corrected chi connectivity index (χ0v) is 31.8. The lowest BCUT2D eigenvalue weighted by atomic mass is 9.86. The van der Waals surface area contributed by atoms with Crippen molar-refractivity contribution in [1.29, 1.82) is 0 Å². The molecule has 0 radical (unpaired) electrons. The molecule has 0 bridgehead atoms. The van der Waals surface area contributed by atoms with E-state index in [1.807, 2.05) is 100 Å². The Morgan fingerprint density at radius 2 is 1.25 bits per heavy atom. The molecular weight excluding hydrogens is 697 g/mol. The predicted octanol–water partition coefficient (Wildman–Crippen LogP) is 14.4. The number of rotatable bonds is 8. The third kappa shape index (κ3) is 6.82. The van der Waals surface area contributed by atoms with Crippen molar-refractivity contribution >= 4 is 44.6 Å². The van der Waals surface area contributed by atoms with E-state index in [0.717, 1.165) is 50.0 Å². The number of hydrogen-bond acceptors (Lipinski definition) is 4. The van der Waals surface area contributed by atoms with E-state index in [1.54, 1.807) is 30.5 Å². The predicted molar refractivity (Wildman–Crippen MR) is 239 cm³/mol. The maximum atomic E-state index is 8.68. The monoisotopic (exact) mass is 760 g/mol. The summed E-state index contributed by atoms with van der Waals surface area (Å²) in [5, 5.41) is 1.95. The van der Waals surface area contributed by atoms with Gasteiger partial charge in [-0.2, -0.15) is 0 Å². The Kier molecular flexibility index (Phi) is 5.94. The van der Waals surface area contributed by atoms with Gasteiger partial charge < -0.3 is 14.5 Å². The van der Waals surface area contributed by atoms with Gasteiger partial charge in [0.1, 0.15) is 24.0 Å². The minimum atomic E-state index is -3.10. The molecule has 0 saturated heterocycles. The van der Waals surface area contributed by atoms with E-state index in [4.69, 9.17) is 28.9 Å². The number of ether oxygens (including phenoxy) is 1. The minimum Gasteiger partial charge on any atom is -0.457 e. The van der Waals surface area contributed by atoms with E-state index >= 15 is 0 Å². The first-order chi connectivity index (χ1) is 33.1. The second-order valence-electron chi connectivity index (χ2n) is 15.4. The van der Waals surface area contributed by atoms with Crippen LogP contribution < -0.4 is 14.5 Å². The summed E-state index contributed by atoms with van der Waals surface area (Å²) < 4.78 is 122. The first kappa shape index (κ1) is 23.7. The van der Waals surface area contributed by atoms with Crippen LogP contribution in [0.3, 0.4) is 0 Å². The van der Waals surface area contributed by atoms with Gasteiger partial charge in [0, 0.05) is 59.7 Å². The number of nitrogens with zero attached hydrogens (tertiary/aromatic N) is 4. The van der Waals surface area contributed by atoms with Crippen molar-refractivity contribution in [3.05, 3.63) is 168 Å². The molecule has 5 heteroatoms. The summed E-state index contributed by atoms with van der Waals surface area (Å²) in [7, 11) is 0. The summed E-state index contributed by atoms with van der Waals surface area (Å²) in [6.07, 6.45) is 1.67. The summed E-state index contributed by atoms with van der Waals surface area (Å²) in [6, 6.07) is 43.8. The molecular formula is C52H50N4O. The molecule has 0 atom stereocenters. The molecule has 1 aliphatic rings. The quantitative estimate of drug-likeness (QED) is 0.154. The van der Waals surface area contributed by atoms with Gasteiger partial charge in [-0.05, 0) is 112 Å². The van der Waals surface area contributed by atoms with Gasteiger partial charge in [-0.1, -0.05) is 115 Å². The molecule has 0 unspecified atom stereocenters. The van der Waals surface area contributed by atoms with Crippen molar-refractivity contribution in [2.24, 2.45) is 0 Å². The Morgan fingerprint density at radius 1 is 0.596 bits per heavy atom. The largest absolute Gasteiger partial charge is 0.457 e. The third-order valence-electron chi connectivity index (χ3n) is 10.6. The maximum absolute atomic E-state index is 8.68. The van der Waals surface area contributed by atoms with Crippen LogP contribution in [0.2, 0.25) is 0 Å². The topological polar surface area (TPSA) is 33.5 Å². The minimum absolute atomic E-state index is 0.122. The van der Waals surface area contributed by atoms with Crippen molar-refractivity contribution in [2.75, 3.05) is 16.5 Å². The molecule has 8 aromatic rings. The Labute approximate surface area is 356 Å². The number of aromatic nitrogens is 2. The first-order valence-electron chi connectivity index (χ1n) is 25.8. The van der Waals surface area contributed by atoms with Crippen molar-refractivity contribution in [3.63, 3.8) is 0 Å². The van der Waals surface area contributed by atoms with Gasteiger partial charge >= 0.3 is 0 Å². The highest BCUT2D eigenvalue weighted by atomic mass is 16.5. The van der Waals surface area contributed by atoms with Crippen LogP contribution in [0, 0.1) is 0 Å². The number of fused-ring (bicyclic) bond motifs is 4. The van der Waals surface area contributed by atoms with Crippen LogP contribution in [0.4, 0.5) is 22.7 Å². The summed E-state index contributed by atoms with van der Waals surface area (Å²) in [5.41, 5.74) is 6.91. The molecule has 0 amide bonds. The molecule has 6 aromatic carbocycles. The van der Waals surface area contributed by atoms with E-state index in [9.17, 15) is 0 Å². The van der Waals surface area contributed by atoms with E-state index in [1.165, 1.54) is 24.3 Å². The van der Waals surface area contributed by atoms with Crippen LogP contribution in [0.1, 0.15) is 95.8 Å². The Balaban J connectivity index is 1.07. The summed E-state index contributed by atoms with van der Waals surface area (Å²) in [4.78, 5) is 9.00. The average Bonchev–Trinajstić information content (AvgIpc) is 3.85. The van der Waals surface area contributed by atoms with Crippen LogP contribution in [0.25, 0.3) is 38.8 Å². The molecule has 0 fully saturated rings. The average molecular weight is 761 g/mol. The Morgan fingerprint density at radius 3 is 1.95 bits per heavy atom. The summed E-state index contributed by atoms with van der Waals surface area (Å²) in [6.45, 7) is -5.66. The highest BCUT2D eigenvalue weighted by Crippen LogP contribution is 2.46. The van der Waals surface area contributed by atoms with Crippen molar-refractivity contribution in [1.82, 2.24) is 9.55 Å². The number of anilines is 4. The molecule has 0 N–H and O–H groups in total. The number of benzene rings is 6. The van der Waals surface area contributed by atoms with Crippen LogP contribution in [0.5, 0.6) is 11.5 Å². The molecule has 0 aliphatic carbocycles. The van der Waals surface area contributed by atoms with Gasteiger partial charge in [-0.15, -0.1) is 0 Å². The fourth-order valence-corrected chi connectivity index (χ4v) is 7.64. The molecule has 3 heterocycles. The van der Waals surface area contributed by atoms with Crippen LogP contribution in [-0.2, 0) is 5.41 Å². The zero-order valence-electron chi connectivity index (χ0n) is 45.8. The third-order valence-corrected chi connectivity index (χ3v) is 10.6. The lowest BCUT2D eigenvalue weighted by Crippen LogP contribution is -2.24. The van der Waals surface area contributed by atoms with Gasteiger partial charge in [-0.25, -0.2) is 4.98 Å². The Bertz CT molecular complexity index is 3270. The second kappa shape index (κ2) is 14.3. The number of para-hydroxylation sites is 3.